The zero-order chi connectivity index (χ0) is 17.8. The molecular formula is C17H22FN5OS. The molecule has 1 aromatic carbocycles. The van der Waals surface area contributed by atoms with Crippen molar-refractivity contribution in [2.45, 2.75) is 26.3 Å². The van der Waals surface area contributed by atoms with E-state index in [4.69, 9.17) is 0 Å². The van der Waals surface area contributed by atoms with Gasteiger partial charge in [-0.1, -0.05) is 18.3 Å². The van der Waals surface area contributed by atoms with Crippen LogP contribution in [0.2, 0.25) is 0 Å². The van der Waals surface area contributed by atoms with Crippen LogP contribution in [0.25, 0.3) is 0 Å². The predicted octanol–water partition coefficient (Wildman–Crippen LogP) is 2.52. The monoisotopic (exact) mass is 363 g/mol. The maximum atomic E-state index is 13.1. The second-order valence-corrected chi connectivity index (χ2v) is 7.22. The van der Waals surface area contributed by atoms with E-state index in [2.05, 4.69) is 25.3 Å². The van der Waals surface area contributed by atoms with Crippen LogP contribution < -0.4 is 10.2 Å². The number of anilines is 2. The molecule has 1 atom stereocenters. The van der Waals surface area contributed by atoms with Crippen LogP contribution in [0.5, 0.6) is 0 Å². The molecule has 1 saturated heterocycles. The van der Waals surface area contributed by atoms with Crippen LogP contribution in [0.15, 0.2) is 24.3 Å². The van der Waals surface area contributed by atoms with Crippen molar-refractivity contribution in [1.29, 1.82) is 0 Å². The van der Waals surface area contributed by atoms with Crippen LogP contribution in [0, 0.1) is 12.7 Å². The molecule has 1 aliphatic rings. The van der Waals surface area contributed by atoms with Gasteiger partial charge in [0.05, 0.1) is 6.04 Å². The molecule has 3 rings (SSSR count). The summed E-state index contributed by atoms with van der Waals surface area (Å²) in [5, 5.41) is 12.1. The maximum Gasteiger partial charge on any atom is 0.243 e. The van der Waals surface area contributed by atoms with Gasteiger partial charge in [-0.05, 0) is 37.6 Å². The van der Waals surface area contributed by atoms with Crippen molar-refractivity contribution >= 4 is 28.1 Å². The number of carbonyl (C=O) groups is 1. The minimum Gasteiger partial charge on any atom is -0.369 e. The van der Waals surface area contributed by atoms with Crippen molar-refractivity contribution in [2.75, 3.05) is 36.4 Å². The number of benzene rings is 1. The summed E-state index contributed by atoms with van der Waals surface area (Å²) in [4.78, 5) is 17.0. The SMILES string of the molecule is CCC(C(=O)Nc1nnc(C)s1)N1CCN(c2ccc(F)cc2)CC1. The van der Waals surface area contributed by atoms with Crippen LogP contribution in [0.4, 0.5) is 15.2 Å². The van der Waals surface area contributed by atoms with E-state index in [9.17, 15) is 9.18 Å². The molecule has 1 N–H and O–H groups in total. The molecule has 2 heterocycles. The summed E-state index contributed by atoms with van der Waals surface area (Å²) in [6, 6.07) is 6.38. The highest BCUT2D eigenvalue weighted by Crippen LogP contribution is 2.20. The van der Waals surface area contributed by atoms with Gasteiger partial charge in [0.2, 0.25) is 11.0 Å². The number of rotatable bonds is 5. The molecule has 1 amide bonds. The lowest BCUT2D eigenvalue weighted by atomic mass is 10.1. The summed E-state index contributed by atoms with van der Waals surface area (Å²) in [6.07, 6.45) is 0.736. The van der Waals surface area contributed by atoms with Crippen LogP contribution in [-0.2, 0) is 4.79 Å². The maximum absolute atomic E-state index is 13.1. The van der Waals surface area contributed by atoms with Gasteiger partial charge >= 0.3 is 0 Å². The fourth-order valence-corrected chi connectivity index (χ4v) is 3.68. The summed E-state index contributed by atoms with van der Waals surface area (Å²) in [5.74, 6) is -0.258. The molecule has 0 saturated carbocycles. The summed E-state index contributed by atoms with van der Waals surface area (Å²) in [7, 11) is 0. The number of carbonyl (C=O) groups excluding carboxylic acids is 1. The molecule has 0 spiro atoms. The number of halogens is 1. The van der Waals surface area contributed by atoms with Crippen LogP contribution in [-0.4, -0.2) is 53.2 Å². The Balaban J connectivity index is 1.58. The minimum atomic E-state index is -0.225. The second kappa shape index (κ2) is 7.88. The lowest BCUT2D eigenvalue weighted by Crippen LogP contribution is -2.53. The molecule has 1 fully saturated rings. The Morgan fingerprint density at radius 2 is 1.92 bits per heavy atom. The molecule has 0 aliphatic carbocycles. The fourth-order valence-electron chi connectivity index (χ4n) is 3.09. The Morgan fingerprint density at radius 3 is 2.48 bits per heavy atom. The largest absolute Gasteiger partial charge is 0.369 e. The Labute approximate surface area is 150 Å². The van der Waals surface area contributed by atoms with Gasteiger partial charge in [0.15, 0.2) is 0 Å². The predicted molar refractivity (Wildman–Crippen MR) is 97.5 cm³/mol. The molecular weight excluding hydrogens is 341 g/mol. The average Bonchev–Trinajstić information content (AvgIpc) is 3.02. The van der Waals surface area contributed by atoms with E-state index in [0.29, 0.717) is 5.13 Å². The molecule has 0 bridgehead atoms. The first-order chi connectivity index (χ1) is 12.1. The Morgan fingerprint density at radius 1 is 1.24 bits per heavy atom. The standard InChI is InChI=1S/C17H22FN5OS/c1-3-15(16(24)19-17-21-20-12(2)25-17)23-10-8-22(9-11-23)14-6-4-13(18)5-7-14/h4-7,15H,3,8-11H2,1-2H3,(H,19,21,24). The van der Waals surface area contributed by atoms with E-state index in [-0.39, 0.29) is 17.8 Å². The van der Waals surface area contributed by atoms with E-state index in [1.165, 1.54) is 23.5 Å². The highest BCUT2D eigenvalue weighted by atomic mass is 32.1. The van der Waals surface area contributed by atoms with Gasteiger partial charge in [0.1, 0.15) is 10.8 Å². The highest BCUT2D eigenvalue weighted by molar-refractivity contribution is 7.15. The molecule has 8 heteroatoms. The number of piperazine rings is 1. The van der Waals surface area contributed by atoms with E-state index < -0.39 is 0 Å². The topological polar surface area (TPSA) is 61.4 Å². The van der Waals surface area contributed by atoms with E-state index in [1.807, 2.05) is 13.8 Å². The van der Waals surface area contributed by atoms with E-state index >= 15 is 0 Å². The number of nitrogens with one attached hydrogen (secondary N) is 1. The first kappa shape index (κ1) is 17.8. The molecule has 25 heavy (non-hydrogen) atoms. The number of aromatic nitrogens is 2. The number of hydrogen-bond donors (Lipinski definition) is 1. The van der Waals surface area contributed by atoms with Crippen LogP contribution >= 0.6 is 11.3 Å². The van der Waals surface area contributed by atoms with Crippen molar-refractivity contribution in [1.82, 2.24) is 15.1 Å². The Hall–Kier alpha value is -2.06. The van der Waals surface area contributed by atoms with Crippen molar-refractivity contribution in [2.24, 2.45) is 0 Å². The van der Waals surface area contributed by atoms with Gasteiger partial charge in [-0.2, -0.15) is 0 Å². The number of nitrogens with zero attached hydrogens (tertiary/aromatic N) is 4. The summed E-state index contributed by atoms with van der Waals surface area (Å²) in [6.45, 7) is 7.08. The molecule has 1 unspecified atom stereocenters. The third-order valence-electron chi connectivity index (χ3n) is 4.39. The highest BCUT2D eigenvalue weighted by Gasteiger charge is 2.28. The van der Waals surface area contributed by atoms with Gasteiger partial charge in [-0.25, -0.2) is 4.39 Å². The van der Waals surface area contributed by atoms with Crippen LogP contribution in [0.1, 0.15) is 18.4 Å². The third-order valence-corrected chi connectivity index (χ3v) is 5.15. The summed E-state index contributed by atoms with van der Waals surface area (Å²) >= 11 is 1.38. The van der Waals surface area contributed by atoms with Crippen molar-refractivity contribution in [3.05, 3.63) is 35.1 Å². The van der Waals surface area contributed by atoms with Crippen molar-refractivity contribution in [3.63, 3.8) is 0 Å². The quantitative estimate of drug-likeness (QED) is 0.885. The lowest BCUT2D eigenvalue weighted by molar-refractivity contribution is -0.121. The fraction of sp³-hybridized carbons (Fsp3) is 0.471. The average molecular weight is 363 g/mol. The van der Waals surface area contributed by atoms with E-state index in [0.717, 1.165) is 43.3 Å². The molecule has 134 valence electrons. The summed E-state index contributed by atoms with van der Waals surface area (Å²) in [5.41, 5.74) is 1.02. The first-order valence-electron chi connectivity index (χ1n) is 8.42. The van der Waals surface area contributed by atoms with Gasteiger partial charge in [0, 0.05) is 31.9 Å². The normalized spacial score (nSPS) is 16.7. The van der Waals surface area contributed by atoms with Gasteiger partial charge < -0.3 is 4.90 Å². The molecule has 0 radical (unpaired) electrons. The Kier molecular flexibility index (Phi) is 5.60. The Bertz CT molecular complexity index is 712. The number of aryl methyl sites for hydroxylation is 1. The number of amides is 1. The molecule has 1 aromatic heterocycles. The smallest absolute Gasteiger partial charge is 0.243 e. The molecule has 1 aliphatic heterocycles. The van der Waals surface area contributed by atoms with E-state index in [1.54, 1.807) is 12.1 Å². The van der Waals surface area contributed by atoms with Crippen LogP contribution in [0.3, 0.4) is 0 Å². The van der Waals surface area contributed by atoms with Gasteiger partial charge in [-0.3, -0.25) is 15.0 Å². The van der Waals surface area contributed by atoms with Crippen molar-refractivity contribution < 1.29 is 9.18 Å². The molecule has 6 nitrogen and oxygen atoms in total. The number of hydrogen-bond acceptors (Lipinski definition) is 6. The van der Waals surface area contributed by atoms with Crippen molar-refractivity contribution in [3.8, 4) is 0 Å². The second-order valence-electron chi connectivity index (χ2n) is 6.04. The zero-order valence-electron chi connectivity index (χ0n) is 14.4. The zero-order valence-corrected chi connectivity index (χ0v) is 15.2. The lowest BCUT2D eigenvalue weighted by Gasteiger charge is -2.39. The molecule has 2 aromatic rings. The minimum absolute atomic E-state index is 0.0334. The summed E-state index contributed by atoms with van der Waals surface area (Å²) < 4.78 is 13.1. The van der Waals surface area contributed by atoms with Gasteiger partial charge in [-0.15, -0.1) is 10.2 Å². The van der Waals surface area contributed by atoms with Gasteiger partial charge in [0.25, 0.3) is 0 Å². The third kappa shape index (κ3) is 4.32. The first-order valence-corrected chi connectivity index (χ1v) is 9.24.